The van der Waals surface area contributed by atoms with Crippen LogP contribution in [0.2, 0.25) is 0 Å². The monoisotopic (exact) mass is 283 g/mol. The minimum atomic E-state index is 0.0732. The van der Waals surface area contributed by atoms with Gasteiger partial charge in [0.25, 0.3) is 0 Å². The summed E-state index contributed by atoms with van der Waals surface area (Å²) in [5.41, 5.74) is 2.36. The van der Waals surface area contributed by atoms with Gasteiger partial charge in [0, 0.05) is 23.9 Å². The lowest BCUT2D eigenvalue weighted by Gasteiger charge is -2.17. The minimum Gasteiger partial charge on any atom is -0.472 e. The number of furan rings is 1. The van der Waals surface area contributed by atoms with Crippen LogP contribution in [0.15, 0.2) is 47.6 Å². The maximum absolute atomic E-state index is 12.2. The molecule has 0 bridgehead atoms. The Labute approximate surface area is 123 Å². The highest BCUT2D eigenvalue weighted by Crippen LogP contribution is 2.21. The molecule has 1 amide bonds. The van der Waals surface area contributed by atoms with E-state index in [1.54, 1.807) is 24.9 Å². The normalized spacial score (nSPS) is 17.6. The van der Waals surface area contributed by atoms with Gasteiger partial charge in [0.1, 0.15) is 0 Å². The molecule has 5 heteroatoms. The van der Waals surface area contributed by atoms with Crippen LogP contribution in [0.3, 0.4) is 0 Å². The number of amides is 1. The number of nitrogens with one attached hydrogen (secondary N) is 1. The molecule has 3 rings (SSSR count). The molecule has 0 aromatic carbocycles. The zero-order valence-electron chi connectivity index (χ0n) is 11.7. The van der Waals surface area contributed by atoms with Crippen molar-refractivity contribution in [2.24, 2.45) is 5.92 Å². The third-order valence-corrected chi connectivity index (χ3v) is 3.64. The van der Waals surface area contributed by atoms with Gasteiger partial charge in [-0.25, -0.2) is 0 Å². The van der Waals surface area contributed by atoms with Gasteiger partial charge in [-0.05, 0) is 25.3 Å². The van der Waals surface area contributed by atoms with Crippen molar-refractivity contribution in [2.45, 2.75) is 25.8 Å². The number of rotatable bonds is 4. The van der Waals surface area contributed by atoms with Gasteiger partial charge in [-0.15, -0.1) is 0 Å². The van der Waals surface area contributed by atoms with Gasteiger partial charge < -0.3 is 9.73 Å². The predicted molar refractivity (Wildman–Crippen MR) is 78.1 cm³/mol. The van der Waals surface area contributed by atoms with Crippen molar-refractivity contribution in [1.29, 1.82) is 0 Å². The highest BCUT2D eigenvalue weighted by Gasteiger charge is 2.19. The SMILES string of the molecule is O=C(NCc1nccnc1-c1ccoc1)[C@H]1CC=CCC1. The van der Waals surface area contributed by atoms with Crippen LogP contribution in [0, 0.1) is 5.92 Å². The lowest BCUT2D eigenvalue weighted by atomic mass is 9.93. The van der Waals surface area contributed by atoms with Gasteiger partial charge in [0.15, 0.2) is 0 Å². The summed E-state index contributed by atoms with van der Waals surface area (Å²) in [4.78, 5) is 20.8. The van der Waals surface area contributed by atoms with Crippen LogP contribution in [0.25, 0.3) is 11.3 Å². The number of hydrogen-bond acceptors (Lipinski definition) is 4. The fraction of sp³-hybridized carbons (Fsp3) is 0.312. The molecule has 0 aliphatic heterocycles. The van der Waals surface area contributed by atoms with Crippen LogP contribution in [0.4, 0.5) is 0 Å². The molecule has 2 aromatic rings. The highest BCUT2D eigenvalue weighted by molar-refractivity contribution is 5.79. The highest BCUT2D eigenvalue weighted by atomic mass is 16.3. The van der Waals surface area contributed by atoms with Crippen molar-refractivity contribution >= 4 is 5.91 Å². The summed E-state index contributed by atoms with van der Waals surface area (Å²) in [7, 11) is 0. The molecule has 0 fully saturated rings. The minimum absolute atomic E-state index is 0.0732. The molecule has 2 aromatic heterocycles. The van der Waals surface area contributed by atoms with E-state index in [4.69, 9.17) is 4.42 Å². The summed E-state index contributed by atoms with van der Waals surface area (Å²) in [6.45, 7) is 0.382. The lowest BCUT2D eigenvalue weighted by Crippen LogP contribution is -2.31. The Bertz CT molecular complexity index is 635. The molecule has 0 saturated heterocycles. The Morgan fingerprint density at radius 3 is 3.00 bits per heavy atom. The predicted octanol–water partition coefficient (Wildman–Crippen LogP) is 2.71. The van der Waals surface area contributed by atoms with E-state index in [-0.39, 0.29) is 11.8 Å². The van der Waals surface area contributed by atoms with Crippen molar-refractivity contribution in [3.8, 4) is 11.3 Å². The molecule has 5 nitrogen and oxygen atoms in total. The molecule has 1 N–H and O–H groups in total. The topological polar surface area (TPSA) is 68.0 Å². The van der Waals surface area contributed by atoms with Gasteiger partial charge in [-0.2, -0.15) is 0 Å². The van der Waals surface area contributed by atoms with E-state index in [9.17, 15) is 4.79 Å². The number of nitrogens with zero attached hydrogens (tertiary/aromatic N) is 2. The molecule has 0 radical (unpaired) electrons. The Kier molecular flexibility index (Phi) is 4.09. The summed E-state index contributed by atoms with van der Waals surface area (Å²) in [6.07, 6.45) is 13.4. The first-order chi connectivity index (χ1) is 10.3. The van der Waals surface area contributed by atoms with Gasteiger partial charge in [-0.3, -0.25) is 14.8 Å². The Hall–Kier alpha value is -2.43. The van der Waals surface area contributed by atoms with E-state index in [1.165, 1.54) is 0 Å². The molecular weight excluding hydrogens is 266 g/mol. The van der Waals surface area contributed by atoms with Crippen molar-refractivity contribution in [3.63, 3.8) is 0 Å². The van der Waals surface area contributed by atoms with Crippen LogP contribution < -0.4 is 5.32 Å². The molecule has 21 heavy (non-hydrogen) atoms. The van der Waals surface area contributed by atoms with Gasteiger partial charge >= 0.3 is 0 Å². The zero-order chi connectivity index (χ0) is 14.5. The Morgan fingerprint density at radius 1 is 1.33 bits per heavy atom. The van der Waals surface area contributed by atoms with Crippen LogP contribution >= 0.6 is 0 Å². The zero-order valence-corrected chi connectivity index (χ0v) is 11.7. The first-order valence-corrected chi connectivity index (χ1v) is 7.10. The fourth-order valence-electron chi connectivity index (χ4n) is 2.48. The van der Waals surface area contributed by atoms with E-state index in [0.717, 1.165) is 36.2 Å². The van der Waals surface area contributed by atoms with Crippen molar-refractivity contribution in [2.75, 3.05) is 0 Å². The molecule has 1 aliphatic rings. The van der Waals surface area contributed by atoms with Crippen molar-refractivity contribution < 1.29 is 9.21 Å². The summed E-state index contributed by atoms with van der Waals surface area (Å²) in [5, 5.41) is 2.97. The average Bonchev–Trinajstić information content (AvgIpc) is 3.08. The first kappa shape index (κ1) is 13.5. The number of carbonyl (C=O) groups excluding carboxylic acids is 1. The summed E-state index contributed by atoms with van der Waals surface area (Å²) < 4.78 is 5.08. The van der Waals surface area contributed by atoms with E-state index < -0.39 is 0 Å². The van der Waals surface area contributed by atoms with Crippen molar-refractivity contribution in [3.05, 3.63) is 48.8 Å². The van der Waals surface area contributed by atoms with Crippen LogP contribution in [0.5, 0.6) is 0 Å². The standard InChI is InChI=1S/C16H17N3O2/c20-16(12-4-2-1-3-5-12)19-10-14-15(18-8-7-17-14)13-6-9-21-11-13/h1-2,6-9,11-12H,3-5,10H2,(H,19,20)/t12-/m0/s1. The number of allylic oxidation sites excluding steroid dienone is 2. The lowest BCUT2D eigenvalue weighted by molar-refractivity contribution is -0.125. The van der Waals surface area contributed by atoms with E-state index in [1.807, 2.05) is 6.07 Å². The summed E-state index contributed by atoms with van der Waals surface area (Å²) >= 11 is 0. The molecule has 108 valence electrons. The maximum Gasteiger partial charge on any atom is 0.223 e. The fourth-order valence-corrected chi connectivity index (χ4v) is 2.48. The Morgan fingerprint density at radius 2 is 2.24 bits per heavy atom. The molecule has 1 aliphatic carbocycles. The maximum atomic E-state index is 12.2. The van der Waals surface area contributed by atoms with Gasteiger partial charge in [0.05, 0.1) is 30.5 Å². The molecule has 0 spiro atoms. The molecular formula is C16H17N3O2. The quantitative estimate of drug-likeness (QED) is 0.876. The Balaban J connectivity index is 1.68. The second-order valence-corrected chi connectivity index (χ2v) is 5.06. The van der Waals surface area contributed by atoms with Crippen LogP contribution in [0.1, 0.15) is 25.0 Å². The van der Waals surface area contributed by atoms with Crippen LogP contribution in [-0.4, -0.2) is 15.9 Å². The van der Waals surface area contributed by atoms with Crippen LogP contribution in [-0.2, 0) is 11.3 Å². The average molecular weight is 283 g/mol. The van der Waals surface area contributed by atoms with E-state index >= 15 is 0 Å². The number of carbonyl (C=O) groups is 1. The largest absolute Gasteiger partial charge is 0.472 e. The smallest absolute Gasteiger partial charge is 0.223 e. The third kappa shape index (κ3) is 3.18. The van der Waals surface area contributed by atoms with Gasteiger partial charge in [0.2, 0.25) is 5.91 Å². The first-order valence-electron chi connectivity index (χ1n) is 7.10. The summed E-state index contributed by atoms with van der Waals surface area (Å²) in [6, 6.07) is 1.83. The second-order valence-electron chi connectivity index (χ2n) is 5.06. The number of hydrogen-bond donors (Lipinski definition) is 1. The molecule has 2 heterocycles. The number of aromatic nitrogens is 2. The third-order valence-electron chi connectivity index (χ3n) is 3.64. The second kappa shape index (κ2) is 6.35. The molecule has 0 saturated carbocycles. The van der Waals surface area contributed by atoms with E-state index in [2.05, 4.69) is 27.4 Å². The van der Waals surface area contributed by atoms with E-state index in [0.29, 0.717) is 6.54 Å². The van der Waals surface area contributed by atoms with Crippen molar-refractivity contribution in [1.82, 2.24) is 15.3 Å². The molecule has 0 unspecified atom stereocenters. The molecule has 1 atom stereocenters. The summed E-state index contributed by atoms with van der Waals surface area (Å²) in [5.74, 6) is 0.159. The van der Waals surface area contributed by atoms with Gasteiger partial charge in [-0.1, -0.05) is 12.2 Å².